The number of hydroxylamine groups is 1. The first-order valence-corrected chi connectivity index (χ1v) is 4.38. The van der Waals surface area contributed by atoms with E-state index in [-0.39, 0.29) is 5.75 Å². The minimum Gasteiger partial charge on any atom is -0.504 e. The van der Waals surface area contributed by atoms with E-state index in [1.807, 2.05) is 0 Å². The van der Waals surface area contributed by atoms with Crippen molar-refractivity contribution in [3.63, 3.8) is 0 Å². The molecule has 0 saturated carbocycles. The molecule has 0 aliphatic carbocycles. The van der Waals surface area contributed by atoms with Crippen LogP contribution in [0.4, 0.5) is 0 Å². The van der Waals surface area contributed by atoms with Crippen LogP contribution in [0.25, 0.3) is 0 Å². The molecule has 0 bridgehead atoms. The van der Waals surface area contributed by atoms with Gasteiger partial charge in [-0.3, -0.25) is 0 Å². The first-order valence-electron chi connectivity index (χ1n) is 4.01. The summed E-state index contributed by atoms with van der Waals surface area (Å²) in [5, 5.41) is 9.98. The molecule has 1 rings (SSSR count). The van der Waals surface area contributed by atoms with E-state index in [9.17, 15) is 5.11 Å². The number of hydrogen-bond acceptors (Lipinski definition) is 4. The molecule has 0 heterocycles. The summed E-state index contributed by atoms with van der Waals surface area (Å²) in [6, 6.07) is 3.09. The van der Waals surface area contributed by atoms with Gasteiger partial charge in [-0.15, -0.1) is 0 Å². The molecule has 0 spiro atoms. The van der Waals surface area contributed by atoms with Gasteiger partial charge in [0.15, 0.2) is 11.5 Å². The number of aromatic hydroxyl groups is 1. The summed E-state index contributed by atoms with van der Waals surface area (Å²) in [7, 11) is 2.98. The van der Waals surface area contributed by atoms with Crippen LogP contribution in [0.2, 0.25) is 5.02 Å². The maximum Gasteiger partial charge on any atom is 0.166 e. The number of benzene rings is 1. The Bertz CT molecular complexity index is 317. The Hall–Kier alpha value is -0.970. The minimum absolute atomic E-state index is 0.0600. The van der Waals surface area contributed by atoms with Crippen LogP contribution in [0.3, 0.4) is 0 Å². The molecule has 0 aromatic heterocycles. The number of halogens is 1. The lowest BCUT2D eigenvalue weighted by Crippen LogP contribution is -2.12. The predicted octanol–water partition coefficient (Wildman–Crippen LogP) is 1.71. The molecule has 14 heavy (non-hydrogen) atoms. The molecule has 5 heteroatoms. The maximum atomic E-state index is 9.46. The number of rotatable bonds is 4. The molecule has 0 atom stereocenters. The first kappa shape index (κ1) is 11.1. The normalized spacial score (nSPS) is 10.2. The van der Waals surface area contributed by atoms with Crippen molar-refractivity contribution < 1.29 is 14.7 Å². The topological polar surface area (TPSA) is 50.7 Å². The van der Waals surface area contributed by atoms with Crippen LogP contribution >= 0.6 is 11.6 Å². The molecular formula is C9H12ClNO3. The van der Waals surface area contributed by atoms with Gasteiger partial charge in [-0.1, -0.05) is 11.6 Å². The fourth-order valence-corrected chi connectivity index (χ4v) is 1.34. The molecule has 0 aliphatic rings. The van der Waals surface area contributed by atoms with Gasteiger partial charge in [0.05, 0.1) is 20.8 Å². The Labute approximate surface area is 87.4 Å². The van der Waals surface area contributed by atoms with Crippen LogP contribution in [-0.2, 0) is 11.4 Å². The number of phenols is 1. The highest BCUT2D eigenvalue weighted by molar-refractivity contribution is 6.31. The van der Waals surface area contributed by atoms with E-state index < -0.39 is 0 Å². The third kappa shape index (κ3) is 2.29. The van der Waals surface area contributed by atoms with Crippen LogP contribution < -0.4 is 10.2 Å². The van der Waals surface area contributed by atoms with Crippen molar-refractivity contribution in [2.45, 2.75) is 6.54 Å². The Morgan fingerprint density at radius 3 is 2.71 bits per heavy atom. The molecule has 2 N–H and O–H groups in total. The summed E-state index contributed by atoms with van der Waals surface area (Å²) in [4.78, 5) is 4.69. The molecule has 0 radical (unpaired) electrons. The minimum atomic E-state index is 0.0600. The number of ether oxygens (including phenoxy) is 1. The fourth-order valence-electron chi connectivity index (χ4n) is 1.13. The number of methoxy groups -OCH3 is 1. The van der Waals surface area contributed by atoms with Gasteiger partial charge >= 0.3 is 0 Å². The summed E-state index contributed by atoms with van der Waals surface area (Å²) in [6.07, 6.45) is 0. The highest BCUT2D eigenvalue weighted by Gasteiger charge is 2.11. The smallest absolute Gasteiger partial charge is 0.166 e. The van der Waals surface area contributed by atoms with Gasteiger partial charge in [-0.05, 0) is 12.1 Å². The Morgan fingerprint density at radius 1 is 1.43 bits per heavy atom. The third-order valence-corrected chi connectivity index (χ3v) is 2.13. The van der Waals surface area contributed by atoms with Crippen molar-refractivity contribution in [2.24, 2.45) is 0 Å². The first-order chi connectivity index (χ1) is 6.70. The molecular weight excluding hydrogens is 206 g/mol. The molecule has 1 aromatic rings. The van der Waals surface area contributed by atoms with E-state index in [2.05, 4.69) is 5.48 Å². The second kappa shape index (κ2) is 5.05. The van der Waals surface area contributed by atoms with Gasteiger partial charge in [0.25, 0.3) is 0 Å². The number of nitrogens with one attached hydrogen (secondary N) is 1. The monoisotopic (exact) mass is 217 g/mol. The maximum absolute atomic E-state index is 9.46. The van der Waals surface area contributed by atoms with Crippen molar-refractivity contribution in [3.05, 3.63) is 22.7 Å². The van der Waals surface area contributed by atoms with E-state index in [4.69, 9.17) is 21.2 Å². The Morgan fingerprint density at radius 2 is 2.14 bits per heavy atom. The SMILES string of the molecule is CONCc1c(Cl)ccc(O)c1OC. The fraction of sp³-hybridized carbons (Fsp3) is 0.333. The van der Waals surface area contributed by atoms with Crippen LogP contribution in [0.15, 0.2) is 12.1 Å². The average Bonchev–Trinajstić information content (AvgIpc) is 2.19. The molecule has 0 aliphatic heterocycles. The molecule has 0 saturated heterocycles. The number of hydrogen-bond donors (Lipinski definition) is 2. The summed E-state index contributed by atoms with van der Waals surface area (Å²) < 4.78 is 5.02. The highest BCUT2D eigenvalue weighted by Crippen LogP contribution is 2.34. The van der Waals surface area contributed by atoms with Crippen molar-refractivity contribution in [2.75, 3.05) is 14.2 Å². The summed E-state index contributed by atoms with van der Waals surface area (Å²) in [5.74, 6) is 0.423. The molecule has 1 aromatic carbocycles. The van der Waals surface area contributed by atoms with E-state index in [0.717, 1.165) is 0 Å². The third-order valence-electron chi connectivity index (χ3n) is 1.78. The lowest BCUT2D eigenvalue weighted by molar-refractivity contribution is 0.0860. The molecule has 78 valence electrons. The standard InChI is InChI=1S/C9H12ClNO3/c1-13-9-6(5-11-14-2)7(10)3-4-8(9)12/h3-4,11-12H,5H2,1-2H3. The van der Waals surface area contributed by atoms with Gasteiger partial charge in [-0.25, -0.2) is 0 Å². The van der Waals surface area contributed by atoms with Crippen LogP contribution in [0, 0.1) is 0 Å². The zero-order chi connectivity index (χ0) is 10.6. The largest absolute Gasteiger partial charge is 0.504 e. The van der Waals surface area contributed by atoms with Crippen LogP contribution in [0.1, 0.15) is 5.56 Å². The summed E-state index contributed by atoms with van der Waals surface area (Å²) in [6.45, 7) is 0.368. The molecule has 0 amide bonds. The average molecular weight is 218 g/mol. The quantitative estimate of drug-likeness (QED) is 0.754. The van der Waals surface area contributed by atoms with E-state index >= 15 is 0 Å². The van der Waals surface area contributed by atoms with E-state index in [1.54, 1.807) is 6.07 Å². The Balaban J connectivity index is 3.03. The zero-order valence-electron chi connectivity index (χ0n) is 8.00. The second-order valence-electron chi connectivity index (χ2n) is 2.60. The van der Waals surface area contributed by atoms with Crippen molar-refractivity contribution in [1.82, 2.24) is 5.48 Å². The molecule has 4 nitrogen and oxygen atoms in total. The predicted molar refractivity (Wildman–Crippen MR) is 53.5 cm³/mol. The highest BCUT2D eigenvalue weighted by atomic mass is 35.5. The summed E-state index contributed by atoms with van der Waals surface area (Å²) >= 11 is 5.93. The number of phenolic OH excluding ortho intramolecular Hbond substituents is 1. The zero-order valence-corrected chi connectivity index (χ0v) is 8.76. The van der Waals surface area contributed by atoms with Crippen molar-refractivity contribution in [3.8, 4) is 11.5 Å². The van der Waals surface area contributed by atoms with Gasteiger partial charge in [-0.2, -0.15) is 5.48 Å². The van der Waals surface area contributed by atoms with E-state index in [1.165, 1.54) is 20.3 Å². The van der Waals surface area contributed by atoms with Gasteiger partial charge in [0, 0.05) is 10.6 Å². The van der Waals surface area contributed by atoms with Gasteiger partial charge in [0.1, 0.15) is 0 Å². The van der Waals surface area contributed by atoms with Crippen molar-refractivity contribution >= 4 is 11.6 Å². The van der Waals surface area contributed by atoms with Gasteiger partial charge in [0.2, 0.25) is 0 Å². The lowest BCUT2D eigenvalue weighted by atomic mass is 10.2. The van der Waals surface area contributed by atoms with Gasteiger partial charge < -0.3 is 14.7 Å². The van der Waals surface area contributed by atoms with Crippen LogP contribution in [-0.4, -0.2) is 19.3 Å². The lowest BCUT2D eigenvalue weighted by Gasteiger charge is -2.11. The molecule has 0 fully saturated rings. The van der Waals surface area contributed by atoms with E-state index in [0.29, 0.717) is 22.9 Å². The Kier molecular flexibility index (Phi) is 4.00. The molecule has 0 unspecified atom stereocenters. The van der Waals surface area contributed by atoms with Crippen molar-refractivity contribution in [1.29, 1.82) is 0 Å². The summed E-state index contributed by atoms with van der Waals surface area (Å²) in [5.41, 5.74) is 3.29. The van der Waals surface area contributed by atoms with Crippen LogP contribution in [0.5, 0.6) is 11.5 Å². The second-order valence-corrected chi connectivity index (χ2v) is 3.01.